The summed E-state index contributed by atoms with van der Waals surface area (Å²) in [7, 11) is 0. The van der Waals surface area contributed by atoms with Crippen molar-refractivity contribution < 1.29 is 18.7 Å². The first-order chi connectivity index (χ1) is 9.04. The van der Waals surface area contributed by atoms with Gasteiger partial charge in [-0.25, -0.2) is 9.37 Å². The lowest BCUT2D eigenvalue weighted by Crippen LogP contribution is -2.01. The zero-order valence-corrected chi connectivity index (χ0v) is 10.3. The number of carboxylic acids is 1. The van der Waals surface area contributed by atoms with Gasteiger partial charge in [0.05, 0.1) is 12.1 Å². The first kappa shape index (κ1) is 13.0. The molecular weight excluding hydrogens is 249 g/mol. The van der Waals surface area contributed by atoms with E-state index in [0.29, 0.717) is 17.3 Å². The predicted molar refractivity (Wildman–Crippen MR) is 67.9 cm³/mol. The van der Waals surface area contributed by atoms with E-state index in [9.17, 15) is 9.18 Å². The smallest absolute Gasteiger partial charge is 0.309 e. The molecule has 0 atom stereocenters. The first-order valence-electron chi connectivity index (χ1n) is 5.66. The van der Waals surface area contributed by atoms with Crippen LogP contribution in [0.5, 0.6) is 0 Å². The molecule has 0 saturated heterocycles. The van der Waals surface area contributed by atoms with Gasteiger partial charge >= 0.3 is 5.97 Å². The summed E-state index contributed by atoms with van der Waals surface area (Å²) in [6, 6.07) is 5.96. The fourth-order valence-electron chi connectivity index (χ4n) is 1.57. The maximum Gasteiger partial charge on any atom is 0.309 e. The van der Waals surface area contributed by atoms with E-state index in [-0.39, 0.29) is 12.2 Å². The zero-order valence-electron chi connectivity index (χ0n) is 10.3. The van der Waals surface area contributed by atoms with E-state index in [1.807, 2.05) is 0 Å². The topological polar surface area (TPSA) is 63.3 Å². The highest BCUT2D eigenvalue weighted by Gasteiger charge is 2.10. The van der Waals surface area contributed by atoms with E-state index in [4.69, 9.17) is 9.52 Å². The number of carbonyl (C=O) groups is 1. The fourth-order valence-corrected chi connectivity index (χ4v) is 1.57. The van der Waals surface area contributed by atoms with Gasteiger partial charge in [-0.1, -0.05) is 12.1 Å². The van der Waals surface area contributed by atoms with Crippen molar-refractivity contribution in [1.29, 1.82) is 0 Å². The minimum Gasteiger partial charge on any atom is -0.481 e. The number of hydrogen-bond donors (Lipinski definition) is 1. The molecular formula is C14H12FNO3. The molecule has 4 nitrogen and oxygen atoms in total. The van der Waals surface area contributed by atoms with Crippen LogP contribution in [0.3, 0.4) is 0 Å². The van der Waals surface area contributed by atoms with E-state index in [1.165, 1.54) is 12.1 Å². The number of aryl methyl sites for hydroxylation is 1. The van der Waals surface area contributed by atoms with Gasteiger partial charge in [0.1, 0.15) is 11.6 Å². The first-order valence-corrected chi connectivity index (χ1v) is 5.66. The van der Waals surface area contributed by atoms with Crippen molar-refractivity contribution in [1.82, 2.24) is 4.98 Å². The largest absolute Gasteiger partial charge is 0.481 e. The molecule has 1 N–H and O–H groups in total. The molecule has 0 aliphatic rings. The van der Waals surface area contributed by atoms with Gasteiger partial charge in [-0.05, 0) is 30.7 Å². The molecule has 0 bridgehead atoms. The average molecular weight is 261 g/mol. The van der Waals surface area contributed by atoms with Crippen molar-refractivity contribution in [2.75, 3.05) is 0 Å². The van der Waals surface area contributed by atoms with Crippen LogP contribution in [0.25, 0.3) is 12.2 Å². The van der Waals surface area contributed by atoms with Gasteiger partial charge in [0.25, 0.3) is 0 Å². The second-order valence-electron chi connectivity index (χ2n) is 4.01. The van der Waals surface area contributed by atoms with E-state index < -0.39 is 5.97 Å². The van der Waals surface area contributed by atoms with Crippen molar-refractivity contribution in [3.05, 3.63) is 53.0 Å². The molecule has 0 spiro atoms. The molecule has 2 rings (SSSR count). The summed E-state index contributed by atoms with van der Waals surface area (Å²) < 4.78 is 18.0. The minimum atomic E-state index is -0.953. The van der Waals surface area contributed by atoms with Crippen LogP contribution in [0.1, 0.15) is 22.9 Å². The van der Waals surface area contributed by atoms with Gasteiger partial charge in [-0.15, -0.1) is 0 Å². The highest BCUT2D eigenvalue weighted by atomic mass is 19.1. The van der Waals surface area contributed by atoms with Crippen LogP contribution in [0.2, 0.25) is 0 Å². The monoisotopic (exact) mass is 261 g/mol. The second-order valence-corrected chi connectivity index (χ2v) is 4.01. The molecule has 1 aromatic carbocycles. The predicted octanol–water partition coefficient (Wildman–Crippen LogP) is 2.92. The molecule has 1 heterocycles. The van der Waals surface area contributed by atoms with Crippen LogP contribution in [0.4, 0.5) is 4.39 Å². The highest BCUT2D eigenvalue weighted by Crippen LogP contribution is 2.14. The Bertz CT molecular complexity index is 614. The molecule has 0 fully saturated rings. The SMILES string of the molecule is Cc1oc(/C=C/c2ccc(F)cc2)nc1CC(=O)O. The van der Waals surface area contributed by atoms with E-state index in [2.05, 4.69) is 4.98 Å². The van der Waals surface area contributed by atoms with Crippen molar-refractivity contribution in [3.8, 4) is 0 Å². The minimum absolute atomic E-state index is 0.167. The van der Waals surface area contributed by atoms with Crippen LogP contribution in [-0.2, 0) is 11.2 Å². The average Bonchev–Trinajstić information content (AvgIpc) is 2.69. The Morgan fingerprint density at radius 2 is 2.05 bits per heavy atom. The molecule has 19 heavy (non-hydrogen) atoms. The summed E-state index contributed by atoms with van der Waals surface area (Å²) >= 11 is 0. The van der Waals surface area contributed by atoms with Crippen LogP contribution in [0, 0.1) is 12.7 Å². The van der Waals surface area contributed by atoms with Gasteiger partial charge in [-0.2, -0.15) is 0 Å². The Morgan fingerprint density at radius 1 is 1.37 bits per heavy atom. The van der Waals surface area contributed by atoms with Crippen LogP contribution in [0.15, 0.2) is 28.7 Å². The molecule has 1 aromatic heterocycles. The molecule has 0 unspecified atom stereocenters. The number of aliphatic carboxylic acids is 1. The molecule has 98 valence electrons. The molecule has 0 saturated carbocycles. The van der Waals surface area contributed by atoms with Crippen molar-refractivity contribution >= 4 is 18.1 Å². The fraction of sp³-hybridized carbons (Fsp3) is 0.143. The Hall–Kier alpha value is -2.43. The van der Waals surface area contributed by atoms with Gasteiger partial charge in [0.2, 0.25) is 5.89 Å². The van der Waals surface area contributed by atoms with E-state index in [1.54, 1.807) is 31.2 Å². The summed E-state index contributed by atoms with van der Waals surface area (Å²) in [4.78, 5) is 14.7. The normalized spacial score (nSPS) is 11.1. The Labute approximate surface area is 109 Å². The Kier molecular flexibility index (Phi) is 3.75. The third-order valence-electron chi connectivity index (χ3n) is 2.52. The van der Waals surface area contributed by atoms with Gasteiger partial charge in [0.15, 0.2) is 0 Å². The molecule has 0 aliphatic carbocycles. The van der Waals surface area contributed by atoms with E-state index >= 15 is 0 Å². The lowest BCUT2D eigenvalue weighted by Gasteiger charge is -1.91. The van der Waals surface area contributed by atoms with Crippen LogP contribution in [-0.4, -0.2) is 16.1 Å². The second kappa shape index (κ2) is 5.48. The summed E-state index contributed by atoms with van der Waals surface area (Å²) in [6.07, 6.45) is 3.17. The quantitative estimate of drug-likeness (QED) is 0.919. The number of nitrogens with zero attached hydrogens (tertiary/aromatic N) is 1. The maximum atomic E-state index is 12.7. The summed E-state index contributed by atoms with van der Waals surface area (Å²) in [6.45, 7) is 1.67. The Morgan fingerprint density at radius 3 is 2.68 bits per heavy atom. The van der Waals surface area contributed by atoms with Gasteiger partial charge in [0, 0.05) is 6.08 Å². The molecule has 5 heteroatoms. The zero-order chi connectivity index (χ0) is 13.8. The van der Waals surface area contributed by atoms with Gasteiger partial charge in [-0.3, -0.25) is 4.79 Å². The number of carboxylic acid groups (broad SMARTS) is 1. The third kappa shape index (κ3) is 3.51. The molecule has 0 aliphatic heterocycles. The number of aromatic nitrogens is 1. The molecule has 2 aromatic rings. The summed E-state index contributed by atoms with van der Waals surface area (Å²) in [5.41, 5.74) is 1.21. The number of hydrogen-bond acceptors (Lipinski definition) is 3. The van der Waals surface area contributed by atoms with Crippen molar-refractivity contribution in [3.63, 3.8) is 0 Å². The maximum absolute atomic E-state index is 12.7. The van der Waals surface area contributed by atoms with Gasteiger partial charge < -0.3 is 9.52 Å². The number of halogens is 1. The Balaban J connectivity index is 2.15. The van der Waals surface area contributed by atoms with Crippen molar-refractivity contribution in [2.45, 2.75) is 13.3 Å². The number of rotatable bonds is 4. The van der Waals surface area contributed by atoms with Crippen LogP contribution >= 0.6 is 0 Å². The summed E-state index contributed by atoms with van der Waals surface area (Å²) in [5.74, 6) is -0.433. The van der Waals surface area contributed by atoms with Crippen molar-refractivity contribution in [2.24, 2.45) is 0 Å². The lowest BCUT2D eigenvalue weighted by molar-refractivity contribution is -0.136. The highest BCUT2D eigenvalue weighted by molar-refractivity contribution is 5.70. The summed E-state index contributed by atoms with van der Waals surface area (Å²) in [5, 5.41) is 8.70. The van der Waals surface area contributed by atoms with Crippen LogP contribution < -0.4 is 0 Å². The number of benzene rings is 1. The lowest BCUT2D eigenvalue weighted by atomic mass is 10.2. The molecule has 0 radical (unpaired) electrons. The molecule has 0 amide bonds. The number of oxazole rings is 1. The standard InChI is InChI=1S/C14H12FNO3/c1-9-12(8-14(17)18)16-13(19-9)7-4-10-2-5-11(15)6-3-10/h2-7H,8H2,1H3,(H,17,18)/b7-4+. The third-order valence-corrected chi connectivity index (χ3v) is 2.52. The van der Waals surface area contributed by atoms with E-state index in [0.717, 1.165) is 5.56 Å².